The first kappa shape index (κ1) is 13.5. The summed E-state index contributed by atoms with van der Waals surface area (Å²) < 4.78 is 1.97. The molecule has 1 aromatic heterocycles. The summed E-state index contributed by atoms with van der Waals surface area (Å²) in [5.41, 5.74) is 6.73. The van der Waals surface area contributed by atoms with Crippen molar-refractivity contribution < 1.29 is 0 Å². The van der Waals surface area contributed by atoms with E-state index in [2.05, 4.69) is 26.3 Å². The van der Waals surface area contributed by atoms with E-state index >= 15 is 0 Å². The van der Waals surface area contributed by atoms with E-state index in [9.17, 15) is 4.79 Å². The Morgan fingerprint density at radius 1 is 1.56 bits per heavy atom. The highest BCUT2D eigenvalue weighted by molar-refractivity contribution is 9.10. The lowest BCUT2D eigenvalue weighted by Crippen LogP contribution is -2.43. The quantitative estimate of drug-likeness (QED) is 0.890. The summed E-state index contributed by atoms with van der Waals surface area (Å²) >= 11 is 3.34. The van der Waals surface area contributed by atoms with Crippen molar-refractivity contribution in [2.75, 3.05) is 5.32 Å². The summed E-state index contributed by atoms with van der Waals surface area (Å²) in [5, 5.41) is 7.46. The van der Waals surface area contributed by atoms with Crippen molar-refractivity contribution in [1.29, 1.82) is 0 Å². The van der Waals surface area contributed by atoms with Crippen molar-refractivity contribution in [3.05, 3.63) is 21.0 Å². The third kappa shape index (κ3) is 2.75. The van der Waals surface area contributed by atoms with E-state index in [1.165, 1.54) is 17.5 Å². The van der Waals surface area contributed by atoms with E-state index in [1.54, 1.807) is 6.20 Å². The standard InChI is InChI=1S/C12H19BrN4O/c1-2-17-12(18)11(13)10(7-15-17)16-9-6-4-3-5-8(9)14/h7-9,16H,2-6,14H2,1H3. The van der Waals surface area contributed by atoms with Gasteiger partial charge >= 0.3 is 0 Å². The Hall–Kier alpha value is -0.880. The van der Waals surface area contributed by atoms with Gasteiger partial charge < -0.3 is 11.1 Å². The molecule has 0 saturated heterocycles. The number of hydrogen-bond donors (Lipinski definition) is 2. The lowest BCUT2D eigenvalue weighted by atomic mass is 9.91. The molecule has 2 rings (SSSR count). The second kappa shape index (κ2) is 5.84. The molecule has 100 valence electrons. The minimum atomic E-state index is -0.105. The number of aryl methyl sites for hydroxylation is 1. The van der Waals surface area contributed by atoms with Gasteiger partial charge in [-0.15, -0.1) is 0 Å². The van der Waals surface area contributed by atoms with Crippen molar-refractivity contribution in [2.45, 2.75) is 51.2 Å². The van der Waals surface area contributed by atoms with Crippen LogP contribution in [0.5, 0.6) is 0 Å². The van der Waals surface area contributed by atoms with Crippen LogP contribution in [0.15, 0.2) is 15.5 Å². The molecule has 2 atom stereocenters. The van der Waals surface area contributed by atoms with Crippen LogP contribution in [-0.2, 0) is 6.54 Å². The SMILES string of the molecule is CCn1ncc(NC2CCCCC2N)c(Br)c1=O. The minimum Gasteiger partial charge on any atom is -0.378 e. The van der Waals surface area contributed by atoms with E-state index in [4.69, 9.17) is 5.73 Å². The lowest BCUT2D eigenvalue weighted by molar-refractivity contribution is 0.403. The zero-order chi connectivity index (χ0) is 13.1. The lowest BCUT2D eigenvalue weighted by Gasteiger charge is -2.30. The smallest absolute Gasteiger partial charge is 0.283 e. The zero-order valence-electron chi connectivity index (χ0n) is 10.5. The second-order valence-electron chi connectivity index (χ2n) is 4.69. The van der Waals surface area contributed by atoms with Crippen LogP contribution in [0.25, 0.3) is 0 Å². The van der Waals surface area contributed by atoms with E-state index in [-0.39, 0.29) is 17.6 Å². The molecule has 1 aromatic rings. The summed E-state index contributed by atoms with van der Waals surface area (Å²) in [4.78, 5) is 11.9. The second-order valence-corrected chi connectivity index (χ2v) is 5.49. The van der Waals surface area contributed by atoms with Crippen LogP contribution in [-0.4, -0.2) is 21.9 Å². The van der Waals surface area contributed by atoms with Crippen LogP contribution in [0.4, 0.5) is 5.69 Å². The van der Waals surface area contributed by atoms with Gasteiger partial charge in [0.15, 0.2) is 0 Å². The fourth-order valence-corrected chi connectivity index (χ4v) is 2.75. The van der Waals surface area contributed by atoms with E-state index in [1.807, 2.05) is 6.92 Å². The van der Waals surface area contributed by atoms with Crippen LogP contribution < -0.4 is 16.6 Å². The summed E-state index contributed by atoms with van der Waals surface area (Å²) in [7, 11) is 0. The Labute approximate surface area is 115 Å². The summed E-state index contributed by atoms with van der Waals surface area (Å²) in [5.74, 6) is 0. The van der Waals surface area contributed by atoms with Gasteiger partial charge in [0.05, 0.1) is 11.9 Å². The number of rotatable bonds is 3. The maximum absolute atomic E-state index is 11.9. The van der Waals surface area contributed by atoms with Gasteiger partial charge in [0.1, 0.15) is 4.47 Å². The Morgan fingerprint density at radius 3 is 2.94 bits per heavy atom. The first-order chi connectivity index (χ1) is 8.63. The molecule has 2 unspecified atom stereocenters. The van der Waals surface area contributed by atoms with Crippen molar-refractivity contribution in [1.82, 2.24) is 9.78 Å². The van der Waals surface area contributed by atoms with E-state index in [0.717, 1.165) is 18.5 Å². The Bertz CT molecular complexity index is 474. The maximum Gasteiger partial charge on any atom is 0.283 e. The van der Waals surface area contributed by atoms with Gasteiger partial charge in [-0.1, -0.05) is 12.8 Å². The monoisotopic (exact) mass is 314 g/mol. The van der Waals surface area contributed by atoms with Crippen molar-refractivity contribution in [2.24, 2.45) is 5.73 Å². The first-order valence-electron chi connectivity index (χ1n) is 6.41. The number of nitrogens with one attached hydrogen (secondary N) is 1. The number of halogens is 1. The van der Waals surface area contributed by atoms with Crippen LogP contribution in [0.1, 0.15) is 32.6 Å². The fraction of sp³-hybridized carbons (Fsp3) is 0.667. The average molecular weight is 315 g/mol. The van der Waals surface area contributed by atoms with Crippen molar-refractivity contribution >= 4 is 21.6 Å². The van der Waals surface area contributed by atoms with Gasteiger partial charge in [-0.2, -0.15) is 5.10 Å². The number of nitrogens with two attached hydrogens (primary N) is 1. The van der Waals surface area contributed by atoms with Gasteiger partial charge in [0, 0.05) is 18.6 Å². The molecule has 0 bridgehead atoms. The molecule has 0 radical (unpaired) electrons. The van der Waals surface area contributed by atoms with E-state index < -0.39 is 0 Å². The molecule has 1 saturated carbocycles. The van der Waals surface area contributed by atoms with Crippen LogP contribution >= 0.6 is 15.9 Å². The topological polar surface area (TPSA) is 72.9 Å². The van der Waals surface area contributed by atoms with Gasteiger partial charge in [-0.05, 0) is 35.7 Å². The first-order valence-corrected chi connectivity index (χ1v) is 7.20. The normalized spacial score (nSPS) is 23.9. The van der Waals surface area contributed by atoms with Gasteiger partial charge in [-0.25, -0.2) is 4.68 Å². The molecule has 1 aliphatic rings. The van der Waals surface area contributed by atoms with Crippen LogP contribution in [0.2, 0.25) is 0 Å². The number of nitrogens with zero attached hydrogens (tertiary/aromatic N) is 2. The molecule has 1 aliphatic carbocycles. The van der Waals surface area contributed by atoms with Crippen LogP contribution in [0.3, 0.4) is 0 Å². The summed E-state index contributed by atoms with van der Waals surface area (Å²) in [6.07, 6.45) is 6.15. The zero-order valence-corrected chi connectivity index (χ0v) is 12.1. The molecule has 1 heterocycles. The Morgan fingerprint density at radius 2 is 2.28 bits per heavy atom. The number of anilines is 1. The fourth-order valence-electron chi connectivity index (χ4n) is 2.33. The Kier molecular flexibility index (Phi) is 4.40. The molecule has 1 fully saturated rings. The summed E-state index contributed by atoms with van der Waals surface area (Å²) in [6.45, 7) is 2.46. The highest BCUT2D eigenvalue weighted by atomic mass is 79.9. The maximum atomic E-state index is 11.9. The predicted molar refractivity (Wildman–Crippen MR) is 75.7 cm³/mol. The van der Waals surface area contributed by atoms with Crippen molar-refractivity contribution in [3.63, 3.8) is 0 Å². The summed E-state index contributed by atoms with van der Waals surface area (Å²) in [6, 6.07) is 0.382. The third-order valence-electron chi connectivity index (χ3n) is 3.44. The number of hydrogen-bond acceptors (Lipinski definition) is 4. The molecule has 5 nitrogen and oxygen atoms in total. The van der Waals surface area contributed by atoms with Gasteiger partial charge in [0.25, 0.3) is 5.56 Å². The minimum absolute atomic E-state index is 0.105. The van der Waals surface area contributed by atoms with Gasteiger partial charge in [-0.3, -0.25) is 4.79 Å². The number of aromatic nitrogens is 2. The molecule has 6 heteroatoms. The molecule has 0 aliphatic heterocycles. The highest BCUT2D eigenvalue weighted by Crippen LogP contribution is 2.23. The molecular weight excluding hydrogens is 296 g/mol. The molecule has 0 spiro atoms. The Balaban J connectivity index is 2.19. The van der Waals surface area contributed by atoms with Crippen molar-refractivity contribution in [3.8, 4) is 0 Å². The van der Waals surface area contributed by atoms with Crippen LogP contribution in [0, 0.1) is 0 Å². The third-order valence-corrected chi connectivity index (χ3v) is 4.21. The molecule has 0 aromatic carbocycles. The largest absolute Gasteiger partial charge is 0.378 e. The molecule has 3 N–H and O–H groups in total. The molecular formula is C12H19BrN4O. The van der Waals surface area contributed by atoms with Gasteiger partial charge in [0.2, 0.25) is 0 Å². The average Bonchev–Trinajstić information content (AvgIpc) is 2.38. The van der Waals surface area contributed by atoms with E-state index in [0.29, 0.717) is 11.0 Å². The molecule has 0 amide bonds. The molecule has 18 heavy (non-hydrogen) atoms. The predicted octanol–water partition coefficient (Wildman–Crippen LogP) is 1.71. The highest BCUT2D eigenvalue weighted by Gasteiger charge is 2.22.